The van der Waals surface area contributed by atoms with Crippen LogP contribution in [0.3, 0.4) is 0 Å². The molecule has 0 radical (unpaired) electrons. The molecule has 24 heavy (non-hydrogen) atoms. The number of hydrogen-bond acceptors (Lipinski definition) is 3. The highest BCUT2D eigenvalue weighted by Gasteiger charge is 2.34. The van der Waals surface area contributed by atoms with Gasteiger partial charge in [0.1, 0.15) is 0 Å². The molecule has 2 N–H and O–H groups in total. The van der Waals surface area contributed by atoms with Gasteiger partial charge in [-0.15, -0.1) is 11.6 Å². The minimum Gasteiger partial charge on any atom is -0.352 e. The molecular weight excluding hydrogens is 326 g/mol. The Balaban J connectivity index is 1.43. The van der Waals surface area contributed by atoms with Gasteiger partial charge in [-0.3, -0.25) is 9.59 Å². The average Bonchev–Trinajstić information content (AvgIpc) is 3.06. The standard InChI is InChI=1S/C18H24ClN3O2/c19-15-10-16(20-12-15)18(24)22-8-6-14(7-9-22)17(23)21-11-13-4-2-1-3-5-13/h1-5,14-16,20H,6-12H2,(H,21,23). The molecular formula is C18H24ClN3O2. The number of nitrogens with one attached hydrogen (secondary N) is 2. The van der Waals surface area contributed by atoms with E-state index in [4.69, 9.17) is 11.6 Å². The van der Waals surface area contributed by atoms with Gasteiger partial charge < -0.3 is 15.5 Å². The van der Waals surface area contributed by atoms with Gasteiger partial charge in [0.05, 0.1) is 6.04 Å². The lowest BCUT2D eigenvalue weighted by atomic mass is 9.95. The van der Waals surface area contributed by atoms with Gasteiger partial charge in [0.25, 0.3) is 0 Å². The molecule has 2 aliphatic heterocycles. The van der Waals surface area contributed by atoms with E-state index in [0.717, 1.165) is 18.4 Å². The molecule has 2 saturated heterocycles. The molecule has 130 valence electrons. The second-order valence-corrected chi connectivity index (χ2v) is 7.21. The normalized spacial score (nSPS) is 24.8. The first-order valence-electron chi connectivity index (χ1n) is 8.61. The van der Waals surface area contributed by atoms with Gasteiger partial charge in [0.15, 0.2) is 0 Å². The van der Waals surface area contributed by atoms with E-state index in [2.05, 4.69) is 10.6 Å². The monoisotopic (exact) mass is 349 g/mol. The van der Waals surface area contributed by atoms with Crippen molar-refractivity contribution >= 4 is 23.4 Å². The Morgan fingerprint density at radius 2 is 1.92 bits per heavy atom. The van der Waals surface area contributed by atoms with Gasteiger partial charge in [0.2, 0.25) is 11.8 Å². The lowest BCUT2D eigenvalue weighted by Crippen LogP contribution is -2.48. The number of likely N-dealkylation sites (tertiary alicyclic amines) is 1. The third-order valence-corrected chi connectivity index (χ3v) is 5.19. The fraction of sp³-hybridized carbons (Fsp3) is 0.556. The van der Waals surface area contributed by atoms with Crippen molar-refractivity contribution in [1.82, 2.24) is 15.5 Å². The largest absolute Gasteiger partial charge is 0.352 e. The fourth-order valence-corrected chi connectivity index (χ4v) is 3.66. The summed E-state index contributed by atoms with van der Waals surface area (Å²) >= 11 is 6.05. The van der Waals surface area contributed by atoms with Gasteiger partial charge in [-0.25, -0.2) is 0 Å². The summed E-state index contributed by atoms with van der Waals surface area (Å²) in [6.07, 6.45) is 2.14. The second-order valence-electron chi connectivity index (χ2n) is 6.60. The molecule has 0 aromatic heterocycles. The average molecular weight is 350 g/mol. The van der Waals surface area contributed by atoms with E-state index in [1.165, 1.54) is 0 Å². The van der Waals surface area contributed by atoms with E-state index in [1.54, 1.807) is 0 Å². The Bertz CT molecular complexity index is 573. The lowest BCUT2D eigenvalue weighted by molar-refractivity contribution is -0.137. The zero-order valence-electron chi connectivity index (χ0n) is 13.7. The lowest BCUT2D eigenvalue weighted by Gasteiger charge is -2.33. The highest BCUT2D eigenvalue weighted by molar-refractivity contribution is 6.21. The summed E-state index contributed by atoms with van der Waals surface area (Å²) in [6.45, 7) is 2.54. The fourth-order valence-electron chi connectivity index (χ4n) is 3.39. The summed E-state index contributed by atoms with van der Waals surface area (Å²) in [4.78, 5) is 26.6. The van der Waals surface area contributed by atoms with Crippen LogP contribution in [0.2, 0.25) is 0 Å². The van der Waals surface area contributed by atoms with Crippen LogP contribution in [0.4, 0.5) is 0 Å². The number of hydrogen-bond donors (Lipinski definition) is 2. The first-order valence-corrected chi connectivity index (χ1v) is 9.05. The molecule has 2 atom stereocenters. The molecule has 0 bridgehead atoms. The first kappa shape index (κ1) is 17.2. The van der Waals surface area contributed by atoms with Crippen LogP contribution in [0, 0.1) is 5.92 Å². The van der Waals surface area contributed by atoms with Gasteiger partial charge in [-0.2, -0.15) is 0 Å². The van der Waals surface area contributed by atoms with Crippen LogP contribution in [-0.4, -0.2) is 47.8 Å². The number of piperidine rings is 1. The van der Waals surface area contributed by atoms with Crippen LogP contribution in [0.15, 0.2) is 30.3 Å². The van der Waals surface area contributed by atoms with Crippen LogP contribution < -0.4 is 10.6 Å². The molecule has 2 fully saturated rings. The zero-order valence-corrected chi connectivity index (χ0v) is 14.5. The third-order valence-electron chi connectivity index (χ3n) is 4.86. The van der Waals surface area contributed by atoms with Crippen LogP contribution in [0.5, 0.6) is 0 Å². The number of carbonyl (C=O) groups excluding carboxylic acids is 2. The van der Waals surface area contributed by atoms with Crippen LogP contribution in [0.25, 0.3) is 0 Å². The molecule has 2 amide bonds. The topological polar surface area (TPSA) is 61.4 Å². The highest BCUT2D eigenvalue weighted by Crippen LogP contribution is 2.21. The van der Waals surface area contributed by atoms with Gasteiger partial charge in [0, 0.05) is 37.5 Å². The van der Waals surface area contributed by atoms with Crippen molar-refractivity contribution in [3.05, 3.63) is 35.9 Å². The summed E-state index contributed by atoms with van der Waals surface area (Å²) in [7, 11) is 0. The molecule has 2 aliphatic rings. The predicted octanol–water partition coefficient (Wildman–Crippen LogP) is 1.51. The van der Waals surface area contributed by atoms with Gasteiger partial charge in [-0.1, -0.05) is 30.3 Å². The summed E-state index contributed by atoms with van der Waals surface area (Å²) in [6, 6.07) is 9.74. The number of rotatable bonds is 4. The quantitative estimate of drug-likeness (QED) is 0.810. The van der Waals surface area contributed by atoms with Crippen LogP contribution >= 0.6 is 11.6 Å². The maximum atomic E-state index is 12.4. The zero-order chi connectivity index (χ0) is 16.9. The maximum Gasteiger partial charge on any atom is 0.239 e. The van der Waals surface area contributed by atoms with E-state index >= 15 is 0 Å². The Hall–Kier alpha value is -1.59. The summed E-state index contributed by atoms with van der Waals surface area (Å²) in [5.74, 6) is 0.210. The number of carbonyl (C=O) groups is 2. The first-order chi connectivity index (χ1) is 11.6. The number of benzene rings is 1. The number of halogens is 1. The minimum absolute atomic E-state index is 0.00456. The van der Waals surface area contributed by atoms with Crippen molar-refractivity contribution < 1.29 is 9.59 Å². The van der Waals surface area contributed by atoms with Crippen molar-refractivity contribution in [2.45, 2.75) is 37.2 Å². The maximum absolute atomic E-state index is 12.4. The van der Waals surface area contributed by atoms with Gasteiger partial charge in [-0.05, 0) is 24.8 Å². The van der Waals surface area contributed by atoms with E-state index < -0.39 is 0 Å². The summed E-state index contributed by atoms with van der Waals surface area (Å²) in [5, 5.41) is 6.22. The molecule has 3 rings (SSSR count). The number of alkyl halides is 1. The summed E-state index contributed by atoms with van der Waals surface area (Å²) < 4.78 is 0. The predicted molar refractivity (Wildman–Crippen MR) is 93.6 cm³/mol. The molecule has 5 nitrogen and oxygen atoms in total. The van der Waals surface area contributed by atoms with Crippen molar-refractivity contribution in [2.75, 3.05) is 19.6 Å². The van der Waals surface area contributed by atoms with Crippen molar-refractivity contribution in [3.63, 3.8) is 0 Å². The van der Waals surface area contributed by atoms with Crippen molar-refractivity contribution in [1.29, 1.82) is 0 Å². The van der Waals surface area contributed by atoms with E-state index in [9.17, 15) is 9.59 Å². The third kappa shape index (κ3) is 4.28. The number of amides is 2. The smallest absolute Gasteiger partial charge is 0.239 e. The molecule has 2 heterocycles. The molecule has 0 spiro atoms. The number of nitrogens with zero attached hydrogens (tertiary/aromatic N) is 1. The van der Waals surface area contributed by atoms with Crippen LogP contribution in [0.1, 0.15) is 24.8 Å². The molecule has 1 aromatic rings. The second kappa shape index (κ2) is 7.99. The Morgan fingerprint density at radius 1 is 1.21 bits per heavy atom. The molecule has 0 saturated carbocycles. The van der Waals surface area contributed by atoms with Crippen molar-refractivity contribution in [3.8, 4) is 0 Å². The van der Waals surface area contributed by atoms with Crippen molar-refractivity contribution in [2.24, 2.45) is 5.92 Å². The van der Waals surface area contributed by atoms with E-state index in [-0.39, 0.29) is 29.2 Å². The highest BCUT2D eigenvalue weighted by atomic mass is 35.5. The molecule has 1 aromatic carbocycles. The Kier molecular flexibility index (Phi) is 5.74. The molecule has 2 unspecified atom stereocenters. The Labute approximate surface area is 147 Å². The molecule has 6 heteroatoms. The minimum atomic E-state index is -0.157. The van der Waals surface area contributed by atoms with Crippen LogP contribution in [-0.2, 0) is 16.1 Å². The van der Waals surface area contributed by atoms with E-state index in [1.807, 2.05) is 35.2 Å². The Morgan fingerprint density at radius 3 is 2.54 bits per heavy atom. The van der Waals surface area contributed by atoms with Gasteiger partial charge >= 0.3 is 0 Å². The summed E-state index contributed by atoms with van der Waals surface area (Å²) in [5.41, 5.74) is 1.10. The SMILES string of the molecule is O=C(NCc1ccccc1)C1CCN(C(=O)C2CC(Cl)CN2)CC1. The van der Waals surface area contributed by atoms with E-state index in [0.29, 0.717) is 32.6 Å². The molecule has 0 aliphatic carbocycles.